The van der Waals surface area contributed by atoms with Crippen molar-refractivity contribution in [1.29, 1.82) is 0 Å². The first-order chi connectivity index (χ1) is 13.4. The fourth-order valence-electron chi connectivity index (χ4n) is 2.90. The van der Waals surface area contributed by atoms with E-state index in [0.717, 1.165) is 41.3 Å². The van der Waals surface area contributed by atoms with Gasteiger partial charge in [0.25, 0.3) is 5.91 Å². The minimum atomic E-state index is -0.199. The predicted molar refractivity (Wildman–Crippen MR) is 115 cm³/mol. The van der Waals surface area contributed by atoms with E-state index in [4.69, 9.17) is 0 Å². The summed E-state index contributed by atoms with van der Waals surface area (Å²) in [6.45, 7) is 4.42. The lowest BCUT2D eigenvalue weighted by molar-refractivity contribution is -0.121. The van der Waals surface area contributed by atoms with Crippen molar-refractivity contribution in [2.24, 2.45) is 0 Å². The van der Waals surface area contributed by atoms with Crippen LogP contribution in [-0.4, -0.2) is 73.4 Å². The third-order valence-electron chi connectivity index (χ3n) is 4.64. The number of rotatable bonds is 6. The van der Waals surface area contributed by atoms with E-state index in [2.05, 4.69) is 43.1 Å². The Morgan fingerprint density at radius 2 is 1.96 bits per heavy atom. The summed E-state index contributed by atoms with van der Waals surface area (Å²) in [7, 11) is 3.75. The highest BCUT2D eigenvalue weighted by molar-refractivity contribution is 9.11. The molecule has 0 aromatic carbocycles. The Balaban J connectivity index is 1.45. The van der Waals surface area contributed by atoms with E-state index in [-0.39, 0.29) is 18.4 Å². The Bertz CT molecular complexity index is 818. The largest absolute Gasteiger partial charge is 0.354 e. The third kappa shape index (κ3) is 5.52. The van der Waals surface area contributed by atoms with E-state index in [1.54, 1.807) is 19.3 Å². The number of halogens is 1. The topological polar surface area (TPSA) is 68.8 Å². The first-order valence-electron chi connectivity index (χ1n) is 9.08. The fraction of sp³-hybridized carbons (Fsp3) is 0.421. The lowest BCUT2D eigenvalue weighted by atomic mass is 10.2. The average molecular weight is 466 g/mol. The zero-order valence-electron chi connectivity index (χ0n) is 16.0. The van der Waals surface area contributed by atoms with Crippen molar-refractivity contribution in [3.05, 3.63) is 44.7 Å². The maximum Gasteiger partial charge on any atom is 0.264 e. The molecule has 2 amide bonds. The maximum atomic E-state index is 12.3. The van der Waals surface area contributed by atoms with Gasteiger partial charge in [0.1, 0.15) is 5.82 Å². The molecule has 28 heavy (non-hydrogen) atoms. The monoisotopic (exact) mass is 465 g/mol. The lowest BCUT2D eigenvalue weighted by Gasteiger charge is -2.33. The van der Waals surface area contributed by atoms with Gasteiger partial charge in [0.05, 0.1) is 15.2 Å². The van der Waals surface area contributed by atoms with Crippen molar-refractivity contribution in [1.82, 2.24) is 20.1 Å². The molecular weight excluding hydrogens is 442 g/mol. The molecule has 1 aliphatic rings. The van der Waals surface area contributed by atoms with Gasteiger partial charge in [-0.25, -0.2) is 4.98 Å². The second-order valence-corrected chi connectivity index (χ2v) is 9.32. The highest BCUT2D eigenvalue weighted by atomic mass is 79.9. The summed E-state index contributed by atoms with van der Waals surface area (Å²) < 4.78 is 0.890. The summed E-state index contributed by atoms with van der Waals surface area (Å²) in [4.78, 5) is 35.6. The van der Waals surface area contributed by atoms with E-state index in [1.807, 2.05) is 18.2 Å². The van der Waals surface area contributed by atoms with Crippen LogP contribution in [0.25, 0.3) is 0 Å². The highest BCUT2D eigenvalue weighted by Gasteiger charge is 2.17. The average Bonchev–Trinajstić information content (AvgIpc) is 3.13. The van der Waals surface area contributed by atoms with Crippen LogP contribution in [0.4, 0.5) is 5.82 Å². The van der Waals surface area contributed by atoms with Crippen LogP contribution in [0.3, 0.4) is 0 Å². The molecule has 7 nitrogen and oxygen atoms in total. The Morgan fingerprint density at radius 3 is 2.57 bits per heavy atom. The number of nitrogens with one attached hydrogen (secondary N) is 1. The van der Waals surface area contributed by atoms with Gasteiger partial charge in [0, 0.05) is 46.0 Å². The molecule has 3 rings (SSSR count). The number of likely N-dealkylation sites (N-methyl/N-ethyl adjacent to an activating group) is 2. The van der Waals surface area contributed by atoms with Crippen molar-refractivity contribution in [3.8, 4) is 0 Å². The number of carbonyl (C=O) groups is 2. The van der Waals surface area contributed by atoms with Gasteiger partial charge in [-0.3, -0.25) is 9.59 Å². The lowest BCUT2D eigenvalue weighted by Crippen LogP contribution is -2.44. The minimum Gasteiger partial charge on any atom is -0.354 e. The van der Waals surface area contributed by atoms with Gasteiger partial charge in [-0.05, 0) is 46.7 Å². The van der Waals surface area contributed by atoms with Crippen LogP contribution >= 0.6 is 27.3 Å². The molecule has 0 atom stereocenters. The van der Waals surface area contributed by atoms with E-state index < -0.39 is 0 Å². The third-order valence-corrected chi connectivity index (χ3v) is 6.25. The van der Waals surface area contributed by atoms with Gasteiger partial charge in [-0.1, -0.05) is 6.07 Å². The van der Waals surface area contributed by atoms with E-state index in [1.165, 1.54) is 16.2 Å². The molecule has 0 bridgehead atoms. The van der Waals surface area contributed by atoms with E-state index in [9.17, 15) is 9.59 Å². The van der Waals surface area contributed by atoms with Crippen molar-refractivity contribution in [2.45, 2.75) is 6.54 Å². The first kappa shape index (κ1) is 20.8. The van der Waals surface area contributed by atoms with Gasteiger partial charge >= 0.3 is 0 Å². The Hall–Kier alpha value is -1.97. The molecule has 2 aromatic rings. The molecule has 1 saturated heterocycles. The SMILES string of the molecule is CN1CCN(c2ccc(CNC(=O)CN(C)C(=O)c3ccc(Br)s3)cn2)CC1. The molecule has 1 aliphatic heterocycles. The van der Waals surface area contributed by atoms with Gasteiger partial charge in [0.2, 0.25) is 5.91 Å². The van der Waals surface area contributed by atoms with Crippen LogP contribution in [-0.2, 0) is 11.3 Å². The smallest absolute Gasteiger partial charge is 0.264 e. The second-order valence-electron chi connectivity index (χ2n) is 6.86. The van der Waals surface area contributed by atoms with Crippen LogP contribution < -0.4 is 10.2 Å². The summed E-state index contributed by atoms with van der Waals surface area (Å²) in [6, 6.07) is 7.56. The molecule has 1 fully saturated rings. The number of hydrogen-bond acceptors (Lipinski definition) is 6. The normalized spacial score (nSPS) is 14.8. The van der Waals surface area contributed by atoms with Crippen molar-refractivity contribution in [3.63, 3.8) is 0 Å². The molecular formula is C19H24BrN5O2S. The van der Waals surface area contributed by atoms with Crippen LogP contribution in [0.15, 0.2) is 34.2 Å². The molecule has 150 valence electrons. The van der Waals surface area contributed by atoms with E-state index >= 15 is 0 Å². The Morgan fingerprint density at radius 1 is 1.21 bits per heavy atom. The molecule has 0 unspecified atom stereocenters. The fourth-order valence-corrected chi connectivity index (χ4v) is 4.29. The number of hydrogen-bond donors (Lipinski definition) is 1. The number of thiophene rings is 1. The van der Waals surface area contributed by atoms with Gasteiger partial charge < -0.3 is 20.0 Å². The zero-order chi connectivity index (χ0) is 20.1. The molecule has 3 heterocycles. The van der Waals surface area contributed by atoms with Crippen LogP contribution in [0.1, 0.15) is 15.2 Å². The first-order valence-corrected chi connectivity index (χ1v) is 10.7. The summed E-state index contributed by atoms with van der Waals surface area (Å²) >= 11 is 4.70. The number of anilines is 1. The van der Waals surface area contributed by atoms with E-state index in [0.29, 0.717) is 11.4 Å². The number of carbonyl (C=O) groups excluding carboxylic acids is 2. The molecule has 0 spiro atoms. The zero-order valence-corrected chi connectivity index (χ0v) is 18.4. The van der Waals surface area contributed by atoms with Crippen molar-refractivity contribution < 1.29 is 9.59 Å². The molecule has 0 saturated carbocycles. The molecule has 9 heteroatoms. The molecule has 2 aromatic heterocycles. The Kier molecular flexibility index (Phi) is 7.03. The minimum absolute atomic E-state index is 0.0150. The number of aromatic nitrogens is 1. The standard InChI is InChI=1S/C19H24BrN5O2S/c1-23-7-9-25(10-8-23)17-6-3-14(11-21-17)12-22-18(26)13-24(2)19(27)15-4-5-16(20)28-15/h3-6,11H,7-10,12-13H2,1-2H3,(H,22,26). The number of piperazine rings is 1. The predicted octanol–water partition coefficient (Wildman–Crippen LogP) is 2.05. The Labute approximate surface area is 177 Å². The van der Waals surface area contributed by atoms with Crippen molar-refractivity contribution >= 4 is 44.9 Å². The van der Waals surface area contributed by atoms with Crippen molar-refractivity contribution in [2.75, 3.05) is 51.7 Å². The number of nitrogens with zero attached hydrogens (tertiary/aromatic N) is 4. The van der Waals surface area contributed by atoms with Crippen LogP contribution in [0.5, 0.6) is 0 Å². The number of amides is 2. The number of pyridine rings is 1. The van der Waals surface area contributed by atoms with Gasteiger partial charge in [-0.15, -0.1) is 11.3 Å². The molecule has 0 aliphatic carbocycles. The molecule has 1 N–H and O–H groups in total. The maximum absolute atomic E-state index is 12.3. The second kappa shape index (κ2) is 9.49. The quantitative estimate of drug-likeness (QED) is 0.706. The summed E-state index contributed by atoms with van der Waals surface area (Å²) in [5.41, 5.74) is 0.933. The summed E-state index contributed by atoms with van der Waals surface area (Å²) in [6.07, 6.45) is 1.80. The van der Waals surface area contributed by atoms with Gasteiger partial charge in [-0.2, -0.15) is 0 Å². The molecule has 0 radical (unpaired) electrons. The van der Waals surface area contributed by atoms with Crippen LogP contribution in [0, 0.1) is 0 Å². The van der Waals surface area contributed by atoms with Gasteiger partial charge in [0.15, 0.2) is 0 Å². The summed E-state index contributed by atoms with van der Waals surface area (Å²) in [5.74, 6) is 0.606. The van der Waals surface area contributed by atoms with Crippen LogP contribution in [0.2, 0.25) is 0 Å². The summed E-state index contributed by atoms with van der Waals surface area (Å²) in [5, 5.41) is 2.85. The highest BCUT2D eigenvalue weighted by Crippen LogP contribution is 2.23.